The Balaban J connectivity index is 2.38. The van der Waals surface area contributed by atoms with E-state index in [-0.39, 0.29) is 17.1 Å². The summed E-state index contributed by atoms with van der Waals surface area (Å²) in [7, 11) is 0. The summed E-state index contributed by atoms with van der Waals surface area (Å²) in [6, 6.07) is 9.30. The van der Waals surface area contributed by atoms with Crippen molar-refractivity contribution in [1.29, 1.82) is 0 Å². The second-order valence-electron chi connectivity index (χ2n) is 4.03. The van der Waals surface area contributed by atoms with Gasteiger partial charge in [0.2, 0.25) is 0 Å². The van der Waals surface area contributed by atoms with Crippen LogP contribution in [0.5, 0.6) is 5.75 Å². The quantitative estimate of drug-likeness (QED) is 0.545. The fourth-order valence-corrected chi connectivity index (χ4v) is 2.44. The highest BCUT2D eigenvalue weighted by Gasteiger charge is 2.15. The molecule has 0 radical (unpaired) electrons. The van der Waals surface area contributed by atoms with E-state index in [2.05, 4.69) is 22.6 Å². The highest BCUT2D eigenvalue weighted by atomic mass is 127. The molecule has 0 heterocycles. The van der Waals surface area contributed by atoms with Gasteiger partial charge in [-0.2, -0.15) is 0 Å². The van der Waals surface area contributed by atoms with Crippen molar-refractivity contribution in [1.82, 2.24) is 0 Å². The van der Waals surface area contributed by atoms with E-state index in [1.807, 2.05) is 0 Å². The first-order valence-electron chi connectivity index (χ1n) is 5.95. The zero-order valence-corrected chi connectivity index (χ0v) is 13.5. The number of benzene rings is 2. The lowest BCUT2D eigenvalue weighted by molar-refractivity contribution is 0.103. The molecule has 0 fully saturated rings. The number of rotatable bonds is 4. The van der Waals surface area contributed by atoms with Gasteiger partial charge in [0.15, 0.2) is 17.3 Å². The Morgan fingerprint density at radius 3 is 2.70 bits per heavy atom. The van der Waals surface area contributed by atoms with Crippen LogP contribution < -0.4 is 4.74 Å². The Kier molecular flexibility index (Phi) is 4.99. The van der Waals surface area contributed by atoms with Crippen LogP contribution in [0.1, 0.15) is 22.8 Å². The van der Waals surface area contributed by atoms with E-state index in [0.29, 0.717) is 17.2 Å². The molecule has 5 heteroatoms. The smallest absolute Gasteiger partial charge is 0.194 e. The summed E-state index contributed by atoms with van der Waals surface area (Å²) in [4.78, 5) is 12.3. The monoisotopic (exact) mass is 404 g/mol. The van der Waals surface area contributed by atoms with Gasteiger partial charge in [0.1, 0.15) is 0 Å². The van der Waals surface area contributed by atoms with Crippen molar-refractivity contribution in [3.05, 3.63) is 61.9 Å². The molecule has 0 atom stereocenters. The predicted molar refractivity (Wildman–Crippen MR) is 85.2 cm³/mol. The third kappa shape index (κ3) is 3.30. The first kappa shape index (κ1) is 15.3. The van der Waals surface area contributed by atoms with E-state index >= 15 is 0 Å². The van der Waals surface area contributed by atoms with Crippen LogP contribution in [0.4, 0.5) is 4.39 Å². The van der Waals surface area contributed by atoms with Gasteiger partial charge in [-0.05, 0) is 65.9 Å². The van der Waals surface area contributed by atoms with Gasteiger partial charge in [-0.15, -0.1) is 0 Å². The molecule has 0 unspecified atom stereocenters. The van der Waals surface area contributed by atoms with Gasteiger partial charge >= 0.3 is 0 Å². The fourth-order valence-electron chi connectivity index (χ4n) is 1.74. The van der Waals surface area contributed by atoms with Crippen molar-refractivity contribution in [2.75, 3.05) is 6.61 Å². The predicted octanol–water partition coefficient (Wildman–Crippen LogP) is 4.71. The Bertz CT molecular complexity index is 658. The molecule has 2 aromatic rings. The summed E-state index contributed by atoms with van der Waals surface area (Å²) in [5.74, 6) is -0.729. The van der Waals surface area contributed by atoms with Crippen LogP contribution in [0.3, 0.4) is 0 Å². The van der Waals surface area contributed by atoms with Crippen molar-refractivity contribution in [3.8, 4) is 5.75 Å². The summed E-state index contributed by atoms with van der Waals surface area (Å²) in [6.07, 6.45) is 0. The molecule has 0 N–H and O–H groups in total. The van der Waals surface area contributed by atoms with Crippen LogP contribution in [-0.4, -0.2) is 12.4 Å². The molecule has 20 heavy (non-hydrogen) atoms. The minimum Gasteiger partial charge on any atom is -0.491 e. The third-order valence-electron chi connectivity index (χ3n) is 2.67. The molecule has 0 saturated carbocycles. The number of carbonyl (C=O) groups is 1. The van der Waals surface area contributed by atoms with Crippen LogP contribution in [0, 0.1) is 9.39 Å². The molecule has 104 valence electrons. The molecule has 0 aliphatic heterocycles. The molecule has 0 saturated heterocycles. The SMILES string of the molecule is CCOc1ccc(C(=O)c2cc(I)ccc2Cl)cc1F. The Labute approximate surface area is 135 Å². The molecular formula is C15H11ClFIO2. The Morgan fingerprint density at radius 2 is 2.05 bits per heavy atom. The fraction of sp³-hybridized carbons (Fsp3) is 0.133. The summed E-state index contributed by atoms with van der Waals surface area (Å²) in [5.41, 5.74) is 0.608. The second kappa shape index (κ2) is 6.54. The molecule has 0 aliphatic carbocycles. The highest BCUT2D eigenvalue weighted by Crippen LogP contribution is 2.24. The largest absolute Gasteiger partial charge is 0.491 e. The number of halogens is 3. The number of carbonyl (C=O) groups excluding carboxylic acids is 1. The van der Waals surface area contributed by atoms with Gasteiger partial charge in [-0.3, -0.25) is 4.79 Å². The lowest BCUT2D eigenvalue weighted by Crippen LogP contribution is -2.04. The van der Waals surface area contributed by atoms with Gasteiger partial charge in [0, 0.05) is 14.7 Å². The van der Waals surface area contributed by atoms with Crippen molar-refractivity contribution >= 4 is 40.0 Å². The van der Waals surface area contributed by atoms with E-state index in [9.17, 15) is 9.18 Å². The number of hydrogen-bond donors (Lipinski definition) is 0. The maximum Gasteiger partial charge on any atom is 0.194 e. The number of ketones is 1. The van der Waals surface area contributed by atoms with E-state index < -0.39 is 5.82 Å². The first-order valence-corrected chi connectivity index (χ1v) is 7.40. The van der Waals surface area contributed by atoms with Crippen LogP contribution in [0.2, 0.25) is 5.02 Å². The summed E-state index contributed by atoms with van der Waals surface area (Å²) >= 11 is 8.11. The normalized spacial score (nSPS) is 10.4. The van der Waals surface area contributed by atoms with Crippen LogP contribution >= 0.6 is 34.2 Å². The molecule has 0 aliphatic rings. The first-order chi connectivity index (χ1) is 9.52. The Morgan fingerprint density at radius 1 is 1.30 bits per heavy atom. The van der Waals surface area contributed by atoms with E-state index in [0.717, 1.165) is 3.57 Å². The molecule has 0 bridgehead atoms. The van der Waals surface area contributed by atoms with Crippen molar-refractivity contribution < 1.29 is 13.9 Å². The zero-order valence-electron chi connectivity index (χ0n) is 10.6. The second-order valence-corrected chi connectivity index (χ2v) is 5.68. The van der Waals surface area contributed by atoms with Crippen LogP contribution in [-0.2, 0) is 0 Å². The minimum atomic E-state index is -0.556. The summed E-state index contributed by atoms with van der Waals surface area (Å²) in [5, 5.41) is 0.352. The zero-order chi connectivity index (χ0) is 14.7. The summed E-state index contributed by atoms with van der Waals surface area (Å²) < 4.78 is 19.8. The molecule has 2 aromatic carbocycles. The lowest BCUT2D eigenvalue weighted by atomic mass is 10.0. The molecule has 0 aromatic heterocycles. The third-order valence-corrected chi connectivity index (χ3v) is 3.67. The van der Waals surface area contributed by atoms with E-state index in [1.165, 1.54) is 18.2 Å². The van der Waals surface area contributed by atoms with E-state index in [4.69, 9.17) is 16.3 Å². The number of ether oxygens (including phenoxy) is 1. The van der Waals surface area contributed by atoms with Crippen molar-refractivity contribution in [2.45, 2.75) is 6.92 Å². The van der Waals surface area contributed by atoms with Crippen molar-refractivity contribution in [2.24, 2.45) is 0 Å². The maximum absolute atomic E-state index is 13.8. The molecule has 2 rings (SSSR count). The average Bonchev–Trinajstić information content (AvgIpc) is 2.43. The summed E-state index contributed by atoms with van der Waals surface area (Å²) in [6.45, 7) is 2.14. The molecule has 0 spiro atoms. The van der Waals surface area contributed by atoms with Gasteiger partial charge in [0.05, 0.1) is 11.6 Å². The average molecular weight is 405 g/mol. The molecule has 2 nitrogen and oxygen atoms in total. The lowest BCUT2D eigenvalue weighted by Gasteiger charge is -2.08. The highest BCUT2D eigenvalue weighted by molar-refractivity contribution is 14.1. The van der Waals surface area contributed by atoms with Gasteiger partial charge in [-0.25, -0.2) is 4.39 Å². The number of hydrogen-bond acceptors (Lipinski definition) is 2. The molecule has 0 amide bonds. The minimum absolute atomic E-state index is 0.137. The topological polar surface area (TPSA) is 26.3 Å². The van der Waals surface area contributed by atoms with Crippen LogP contribution in [0.15, 0.2) is 36.4 Å². The van der Waals surface area contributed by atoms with E-state index in [1.54, 1.807) is 25.1 Å². The maximum atomic E-state index is 13.8. The molecular weight excluding hydrogens is 394 g/mol. The standard InChI is InChI=1S/C15H11ClFIO2/c1-2-20-14-6-3-9(7-13(14)17)15(19)11-8-10(18)4-5-12(11)16/h3-8H,2H2,1H3. The Hall–Kier alpha value is -1.14. The van der Waals surface area contributed by atoms with Crippen LogP contribution in [0.25, 0.3) is 0 Å². The van der Waals surface area contributed by atoms with Gasteiger partial charge < -0.3 is 4.74 Å². The van der Waals surface area contributed by atoms with Gasteiger partial charge in [0.25, 0.3) is 0 Å². The van der Waals surface area contributed by atoms with Gasteiger partial charge in [-0.1, -0.05) is 11.6 Å². The van der Waals surface area contributed by atoms with Crippen molar-refractivity contribution in [3.63, 3.8) is 0 Å².